The van der Waals surface area contributed by atoms with Crippen molar-refractivity contribution in [2.75, 3.05) is 5.32 Å². The van der Waals surface area contributed by atoms with Gasteiger partial charge in [0.15, 0.2) is 0 Å². The molecule has 4 nitrogen and oxygen atoms in total. The summed E-state index contributed by atoms with van der Waals surface area (Å²) in [5.41, 5.74) is 2.75. The van der Waals surface area contributed by atoms with Gasteiger partial charge in [-0.25, -0.2) is 4.79 Å². The molecule has 110 valence electrons. The molecular formula is C17H21N3O. The van der Waals surface area contributed by atoms with Crippen LogP contribution in [0.5, 0.6) is 0 Å². The number of benzene rings is 1. The van der Waals surface area contributed by atoms with E-state index in [9.17, 15) is 4.79 Å². The zero-order valence-corrected chi connectivity index (χ0v) is 12.7. The molecule has 0 saturated heterocycles. The molecule has 0 aliphatic heterocycles. The van der Waals surface area contributed by atoms with E-state index in [0.717, 1.165) is 16.9 Å². The quantitative estimate of drug-likeness (QED) is 0.902. The predicted octanol–water partition coefficient (Wildman–Crippen LogP) is 3.70. The molecule has 1 heterocycles. The Bertz CT molecular complexity index is 603. The maximum atomic E-state index is 12.0. The van der Waals surface area contributed by atoms with Crippen LogP contribution in [0.15, 0.2) is 48.7 Å². The summed E-state index contributed by atoms with van der Waals surface area (Å²) in [5, 5.41) is 5.72. The highest BCUT2D eigenvalue weighted by Crippen LogP contribution is 2.29. The third-order valence-corrected chi connectivity index (χ3v) is 3.14. The first-order chi connectivity index (χ1) is 9.97. The van der Waals surface area contributed by atoms with Crippen molar-refractivity contribution in [2.24, 2.45) is 0 Å². The molecule has 0 atom stereocenters. The van der Waals surface area contributed by atoms with Crippen molar-refractivity contribution in [3.8, 4) is 0 Å². The Hall–Kier alpha value is -2.36. The van der Waals surface area contributed by atoms with Gasteiger partial charge in [-0.3, -0.25) is 4.98 Å². The summed E-state index contributed by atoms with van der Waals surface area (Å²) in [7, 11) is 0. The van der Waals surface area contributed by atoms with Crippen LogP contribution in [0.1, 0.15) is 32.0 Å². The van der Waals surface area contributed by atoms with Gasteiger partial charge in [0.1, 0.15) is 0 Å². The van der Waals surface area contributed by atoms with Crippen LogP contribution in [-0.2, 0) is 12.0 Å². The smallest absolute Gasteiger partial charge is 0.319 e. The maximum Gasteiger partial charge on any atom is 0.319 e. The zero-order chi connectivity index (χ0) is 15.3. The average molecular weight is 283 g/mol. The van der Waals surface area contributed by atoms with Crippen molar-refractivity contribution >= 4 is 11.7 Å². The number of carbonyl (C=O) groups excluding carboxylic acids is 1. The average Bonchev–Trinajstić information content (AvgIpc) is 2.46. The van der Waals surface area contributed by atoms with E-state index in [0.29, 0.717) is 6.54 Å². The lowest BCUT2D eigenvalue weighted by Crippen LogP contribution is -2.29. The molecule has 0 bridgehead atoms. The van der Waals surface area contributed by atoms with Gasteiger partial charge >= 0.3 is 6.03 Å². The summed E-state index contributed by atoms with van der Waals surface area (Å²) in [4.78, 5) is 16.2. The monoisotopic (exact) mass is 283 g/mol. The molecule has 2 rings (SSSR count). The van der Waals surface area contributed by atoms with Crippen LogP contribution in [0, 0.1) is 0 Å². The topological polar surface area (TPSA) is 54.0 Å². The van der Waals surface area contributed by atoms with E-state index in [1.54, 1.807) is 6.20 Å². The van der Waals surface area contributed by atoms with Gasteiger partial charge in [0.25, 0.3) is 0 Å². The molecule has 0 aliphatic carbocycles. The number of para-hydroxylation sites is 1. The Morgan fingerprint density at radius 3 is 2.48 bits per heavy atom. The lowest BCUT2D eigenvalue weighted by molar-refractivity contribution is 0.251. The first-order valence-corrected chi connectivity index (χ1v) is 7.01. The van der Waals surface area contributed by atoms with E-state index in [1.165, 1.54) is 0 Å². The number of amides is 2. The molecule has 1 aromatic heterocycles. The molecule has 0 saturated carbocycles. The molecule has 2 amide bonds. The van der Waals surface area contributed by atoms with Gasteiger partial charge in [-0.15, -0.1) is 0 Å². The molecule has 1 aromatic carbocycles. The third-order valence-electron chi connectivity index (χ3n) is 3.14. The fraction of sp³-hybridized carbons (Fsp3) is 0.294. The van der Waals surface area contributed by atoms with Gasteiger partial charge in [0.05, 0.1) is 12.2 Å². The Morgan fingerprint density at radius 1 is 1.10 bits per heavy atom. The first kappa shape index (κ1) is 15.0. The SMILES string of the molecule is CC(C)(C)c1ccccc1NC(=O)NCc1ccccn1. The number of anilines is 1. The third kappa shape index (κ3) is 4.31. The predicted molar refractivity (Wildman–Crippen MR) is 85.2 cm³/mol. The minimum absolute atomic E-state index is 0.0230. The van der Waals surface area contributed by atoms with E-state index in [2.05, 4.69) is 36.4 Å². The molecule has 21 heavy (non-hydrogen) atoms. The van der Waals surface area contributed by atoms with Gasteiger partial charge < -0.3 is 10.6 Å². The highest BCUT2D eigenvalue weighted by Gasteiger charge is 2.18. The van der Waals surface area contributed by atoms with Crippen LogP contribution in [-0.4, -0.2) is 11.0 Å². The van der Waals surface area contributed by atoms with Crippen LogP contribution >= 0.6 is 0 Å². The summed E-state index contributed by atoms with van der Waals surface area (Å²) in [6.45, 7) is 6.78. The molecule has 4 heteroatoms. The summed E-state index contributed by atoms with van der Waals surface area (Å²) in [5.74, 6) is 0. The van der Waals surface area contributed by atoms with Gasteiger partial charge in [0, 0.05) is 11.9 Å². The summed E-state index contributed by atoms with van der Waals surface area (Å²) >= 11 is 0. The molecule has 0 aliphatic rings. The Morgan fingerprint density at radius 2 is 1.81 bits per heavy atom. The Kier molecular flexibility index (Phi) is 4.58. The molecule has 2 aromatic rings. The van der Waals surface area contributed by atoms with Gasteiger partial charge in [-0.1, -0.05) is 45.0 Å². The Balaban J connectivity index is 2.00. The maximum absolute atomic E-state index is 12.0. The van der Waals surface area contributed by atoms with E-state index in [4.69, 9.17) is 0 Å². The minimum Gasteiger partial charge on any atom is -0.332 e. The second-order valence-corrected chi connectivity index (χ2v) is 5.92. The van der Waals surface area contributed by atoms with Crippen molar-refractivity contribution in [1.82, 2.24) is 10.3 Å². The highest BCUT2D eigenvalue weighted by atomic mass is 16.2. The van der Waals surface area contributed by atoms with E-state index in [1.807, 2.05) is 42.5 Å². The van der Waals surface area contributed by atoms with Crippen molar-refractivity contribution in [1.29, 1.82) is 0 Å². The fourth-order valence-corrected chi connectivity index (χ4v) is 2.09. The molecule has 0 unspecified atom stereocenters. The van der Waals surface area contributed by atoms with Gasteiger partial charge in [0.2, 0.25) is 0 Å². The number of rotatable bonds is 3. The lowest BCUT2D eigenvalue weighted by Gasteiger charge is -2.23. The van der Waals surface area contributed by atoms with Crippen molar-refractivity contribution < 1.29 is 4.79 Å². The summed E-state index contributed by atoms with van der Waals surface area (Å²) < 4.78 is 0. The molecular weight excluding hydrogens is 262 g/mol. The van der Waals surface area contributed by atoms with Crippen molar-refractivity contribution in [3.63, 3.8) is 0 Å². The zero-order valence-electron chi connectivity index (χ0n) is 12.7. The number of hydrogen-bond acceptors (Lipinski definition) is 2. The number of aromatic nitrogens is 1. The molecule has 0 radical (unpaired) electrons. The van der Waals surface area contributed by atoms with Gasteiger partial charge in [-0.05, 0) is 29.2 Å². The largest absolute Gasteiger partial charge is 0.332 e. The molecule has 0 spiro atoms. The number of pyridine rings is 1. The van der Waals surface area contributed by atoms with E-state index < -0.39 is 0 Å². The second kappa shape index (κ2) is 6.39. The van der Waals surface area contributed by atoms with Crippen LogP contribution < -0.4 is 10.6 Å². The standard InChI is InChI=1S/C17H21N3O/c1-17(2,3)14-9-4-5-10-15(14)20-16(21)19-12-13-8-6-7-11-18-13/h4-11H,12H2,1-3H3,(H2,19,20,21). The summed E-state index contributed by atoms with van der Waals surface area (Å²) in [6, 6.07) is 13.3. The number of hydrogen-bond donors (Lipinski definition) is 2. The second-order valence-electron chi connectivity index (χ2n) is 5.92. The minimum atomic E-state index is -0.225. The van der Waals surface area contributed by atoms with Gasteiger partial charge in [-0.2, -0.15) is 0 Å². The van der Waals surface area contributed by atoms with E-state index >= 15 is 0 Å². The van der Waals surface area contributed by atoms with Crippen LogP contribution in [0.25, 0.3) is 0 Å². The van der Waals surface area contributed by atoms with Crippen LogP contribution in [0.3, 0.4) is 0 Å². The van der Waals surface area contributed by atoms with Crippen LogP contribution in [0.2, 0.25) is 0 Å². The number of nitrogens with zero attached hydrogens (tertiary/aromatic N) is 1. The molecule has 2 N–H and O–H groups in total. The lowest BCUT2D eigenvalue weighted by atomic mass is 9.86. The first-order valence-electron chi connectivity index (χ1n) is 7.01. The van der Waals surface area contributed by atoms with Crippen molar-refractivity contribution in [2.45, 2.75) is 32.7 Å². The van der Waals surface area contributed by atoms with Crippen LogP contribution in [0.4, 0.5) is 10.5 Å². The number of urea groups is 1. The van der Waals surface area contributed by atoms with Crippen molar-refractivity contribution in [3.05, 3.63) is 59.9 Å². The molecule has 0 fully saturated rings. The number of carbonyl (C=O) groups is 1. The highest BCUT2D eigenvalue weighted by molar-refractivity contribution is 5.90. The van der Waals surface area contributed by atoms with E-state index in [-0.39, 0.29) is 11.4 Å². The summed E-state index contributed by atoms with van der Waals surface area (Å²) in [6.07, 6.45) is 1.71. The normalized spacial score (nSPS) is 11.0. The fourth-order valence-electron chi connectivity index (χ4n) is 2.09. The Labute approximate surface area is 125 Å². The number of nitrogens with one attached hydrogen (secondary N) is 2.